The number of fused-ring (bicyclic) bond motifs is 6. The zero-order valence-corrected chi connectivity index (χ0v) is 25.9. The molecule has 0 aliphatic rings. The van der Waals surface area contributed by atoms with Gasteiger partial charge in [-0.15, -0.1) is 0 Å². The molecule has 0 saturated heterocycles. The largest absolute Gasteiger partial charge is 0.455 e. The number of nitrogens with zero attached hydrogens (tertiary/aromatic N) is 1. The van der Waals surface area contributed by atoms with Crippen molar-refractivity contribution in [1.82, 2.24) is 4.57 Å². The Hall–Kier alpha value is -6.38. The molecule has 2 heterocycles. The molecule has 0 aliphatic heterocycles. The lowest BCUT2D eigenvalue weighted by Gasteiger charge is -2.17. The lowest BCUT2D eigenvalue weighted by atomic mass is 9.87. The fraction of sp³-hybridized carbons (Fsp3) is 0. The molecule has 0 spiro atoms. The minimum atomic E-state index is 0.922. The predicted octanol–water partition coefficient (Wildman–Crippen LogP) is 12.9. The molecule has 0 N–H and O–H groups in total. The van der Waals surface area contributed by atoms with E-state index in [4.69, 9.17) is 4.42 Å². The third kappa shape index (κ3) is 3.46. The molecule has 2 heteroatoms. The molecule has 2 aromatic heterocycles. The third-order valence-electron chi connectivity index (χ3n) is 10.4. The van der Waals surface area contributed by atoms with Crippen LogP contribution in [0.15, 0.2) is 168 Å². The molecule has 11 rings (SSSR count). The van der Waals surface area contributed by atoms with Crippen molar-refractivity contribution in [1.29, 1.82) is 0 Å². The highest BCUT2D eigenvalue weighted by Crippen LogP contribution is 2.45. The molecule has 0 atom stereocenters. The van der Waals surface area contributed by atoms with Crippen LogP contribution in [0.2, 0.25) is 0 Å². The van der Waals surface area contributed by atoms with E-state index < -0.39 is 0 Å². The maximum Gasteiger partial charge on any atom is 0.143 e. The second kappa shape index (κ2) is 9.57. The quantitative estimate of drug-likeness (QED) is 0.182. The molecule has 0 amide bonds. The SMILES string of the molecule is c1cc(-c2ccc3ccc4c(-c5cccc6c5oc5ccccc56)ccc5ccc2c3c54)cc(-n2c3ccccc3c3ccccc32)c1. The van der Waals surface area contributed by atoms with Gasteiger partial charge in [0.1, 0.15) is 11.2 Å². The molecule has 0 aliphatic carbocycles. The van der Waals surface area contributed by atoms with Gasteiger partial charge in [-0.25, -0.2) is 0 Å². The number of para-hydroxylation sites is 4. The lowest BCUT2D eigenvalue weighted by Crippen LogP contribution is -1.94. The summed E-state index contributed by atoms with van der Waals surface area (Å²) in [6.45, 7) is 0. The molecule has 0 radical (unpaired) electrons. The molecule has 2 nitrogen and oxygen atoms in total. The molecule has 11 aromatic rings. The van der Waals surface area contributed by atoms with Gasteiger partial charge in [0.15, 0.2) is 0 Å². The Kier molecular flexibility index (Phi) is 5.14. The first-order chi connectivity index (χ1) is 23.8. The van der Waals surface area contributed by atoms with Gasteiger partial charge < -0.3 is 8.98 Å². The highest BCUT2D eigenvalue weighted by Gasteiger charge is 2.18. The summed E-state index contributed by atoms with van der Waals surface area (Å²) >= 11 is 0. The van der Waals surface area contributed by atoms with Gasteiger partial charge in [0.05, 0.1) is 11.0 Å². The van der Waals surface area contributed by atoms with Crippen molar-refractivity contribution in [3.05, 3.63) is 164 Å². The number of hydrogen-bond acceptors (Lipinski definition) is 1. The van der Waals surface area contributed by atoms with Crippen molar-refractivity contribution in [3.8, 4) is 27.9 Å². The van der Waals surface area contributed by atoms with Crippen LogP contribution in [0.5, 0.6) is 0 Å². The van der Waals surface area contributed by atoms with Crippen molar-refractivity contribution in [2.75, 3.05) is 0 Å². The standard InChI is InChI=1S/C46H27NO/c1-4-16-41-34(11-1)35-12-2-5-17-42(35)47(41)31-10-7-9-30(27-31)32-23-19-28-22-26-38-33(24-20-29-21-25-37(32)44(28)45(29)38)39-14-8-15-40-36-13-3-6-18-43(36)48-46(39)40/h1-27H. The molecule has 0 unspecified atom stereocenters. The van der Waals surface area contributed by atoms with Gasteiger partial charge in [0, 0.05) is 32.8 Å². The molecule has 9 aromatic carbocycles. The van der Waals surface area contributed by atoms with E-state index in [1.54, 1.807) is 0 Å². The van der Waals surface area contributed by atoms with Gasteiger partial charge in [-0.1, -0.05) is 133 Å². The van der Waals surface area contributed by atoms with Gasteiger partial charge in [0.25, 0.3) is 0 Å². The second-order valence-corrected chi connectivity index (χ2v) is 12.8. The van der Waals surface area contributed by atoms with E-state index in [1.807, 2.05) is 6.07 Å². The zero-order valence-electron chi connectivity index (χ0n) is 25.9. The Morgan fingerprint density at radius 2 is 0.958 bits per heavy atom. The minimum absolute atomic E-state index is 0.922. The first-order valence-electron chi connectivity index (χ1n) is 16.5. The van der Waals surface area contributed by atoms with Crippen molar-refractivity contribution in [3.63, 3.8) is 0 Å². The molecule has 0 saturated carbocycles. The van der Waals surface area contributed by atoms with Crippen LogP contribution in [0.4, 0.5) is 0 Å². The topological polar surface area (TPSA) is 18.1 Å². The summed E-state index contributed by atoms with van der Waals surface area (Å²) in [7, 11) is 0. The number of furan rings is 1. The Morgan fingerprint density at radius 1 is 0.375 bits per heavy atom. The first-order valence-corrected chi connectivity index (χ1v) is 16.5. The van der Waals surface area contributed by atoms with Gasteiger partial charge in [-0.3, -0.25) is 0 Å². The summed E-state index contributed by atoms with van der Waals surface area (Å²) in [5.74, 6) is 0. The van der Waals surface area contributed by atoms with E-state index in [1.165, 1.54) is 70.8 Å². The Bertz CT molecular complexity index is 3010. The average Bonchev–Trinajstić information content (AvgIpc) is 3.70. The molecule has 0 bridgehead atoms. The second-order valence-electron chi connectivity index (χ2n) is 12.8. The maximum absolute atomic E-state index is 6.50. The van der Waals surface area contributed by atoms with Gasteiger partial charge in [-0.2, -0.15) is 0 Å². The summed E-state index contributed by atoms with van der Waals surface area (Å²) in [5, 5.41) is 12.5. The van der Waals surface area contributed by atoms with Crippen LogP contribution >= 0.6 is 0 Å². The summed E-state index contributed by atoms with van der Waals surface area (Å²) in [5.41, 5.74) is 10.2. The van der Waals surface area contributed by atoms with Crippen molar-refractivity contribution in [2.24, 2.45) is 0 Å². The van der Waals surface area contributed by atoms with Gasteiger partial charge >= 0.3 is 0 Å². The smallest absolute Gasteiger partial charge is 0.143 e. The Balaban J connectivity index is 1.15. The lowest BCUT2D eigenvalue weighted by molar-refractivity contribution is 0.670. The Morgan fingerprint density at radius 3 is 1.71 bits per heavy atom. The normalized spacial score (nSPS) is 12.2. The monoisotopic (exact) mass is 609 g/mol. The number of aromatic nitrogens is 1. The minimum Gasteiger partial charge on any atom is -0.455 e. The van der Waals surface area contributed by atoms with Crippen LogP contribution in [-0.2, 0) is 0 Å². The number of hydrogen-bond donors (Lipinski definition) is 0. The van der Waals surface area contributed by atoms with Crippen LogP contribution in [0.25, 0.3) is 104 Å². The fourth-order valence-corrected chi connectivity index (χ4v) is 8.26. The fourth-order valence-electron chi connectivity index (χ4n) is 8.26. The van der Waals surface area contributed by atoms with E-state index in [0.717, 1.165) is 33.2 Å². The number of rotatable bonds is 3. The maximum atomic E-state index is 6.50. The van der Waals surface area contributed by atoms with E-state index in [0.29, 0.717) is 0 Å². The first kappa shape index (κ1) is 25.8. The van der Waals surface area contributed by atoms with E-state index >= 15 is 0 Å². The molecule has 48 heavy (non-hydrogen) atoms. The van der Waals surface area contributed by atoms with Crippen molar-refractivity contribution < 1.29 is 4.42 Å². The summed E-state index contributed by atoms with van der Waals surface area (Å²) in [4.78, 5) is 0. The molecular weight excluding hydrogens is 583 g/mol. The summed E-state index contributed by atoms with van der Waals surface area (Å²) < 4.78 is 8.90. The van der Waals surface area contributed by atoms with Crippen molar-refractivity contribution in [2.45, 2.75) is 0 Å². The van der Waals surface area contributed by atoms with E-state index in [-0.39, 0.29) is 0 Å². The van der Waals surface area contributed by atoms with Crippen LogP contribution < -0.4 is 0 Å². The van der Waals surface area contributed by atoms with Crippen LogP contribution in [0, 0.1) is 0 Å². The van der Waals surface area contributed by atoms with Crippen LogP contribution in [0.1, 0.15) is 0 Å². The summed E-state index contributed by atoms with van der Waals surface area (Å²) in [6, 6.07) is 59.6. The van der Waals surface area contributed by atoms with Crippen LogP contribution in [0.3, 0.4) is 0 Å². The van der Waals surface area contributed by atoms with E-state index in [9.17, 15) is 0 Å². The third-order valence-corrected chi connectivity index (χ3v) is 10.4. The number of benzene rings is 9. The predicted molar refractivity (Wildman–Crippen MR) is 203 cm³/mol. The zero-order chi connectivity index (χ0) is 31.3. The highest BCUT2D eigenvalue weighted by molar-refractivity contribution is 6.28. The van der Waals surface area contributed by atoms with Crippen LogP contribution in [-0.4, -0.2) is 4.57 Å². The molecule has 222 valence electrons. The van der Waals surface area contributed by atoms with E-state index in [2.05, 4.69) is 162 Å². The summed E-state index contributed by atoms with van der Waals surface area (Å²) in [6.07, 6.45) is 0. The average molecular weight is 610 g/mol. The molecular formula is C46H27NO. The Labute approximate surface area is 276 Å². The highest BCUT2D eigenvalue weighted by atomic mass is 16.3. The molecule has 0 fully saturated rings. The van der Waals surface area contributed by atoms with Gasteiger partial charge in [-0.05, 0) is 79.3 Å². The van der Waals surface area contributed by atoms with Crippen molar-refractivity contribution >= 4 is 76.1 Å². The van der Waals surface area contributed by atoms with Gasteiger partial charge in [0.2, 0.25) is 0 Å².